The number of benzene rings is 1. The summed E-state index contributed by atoms with van der Waals surface area (Å²) in [5, 5.41) is 5.05. The van der Waals surface area contributed by atoms with E-state index < -0.39 is 0 Å². The molecule has 1 fully saturated rings. The lowest BCUT2D eigenvalue weighted by molar-refractivity contribution is -0.125. The second-order valence-corrected chi connectivity index (χ2v) is 5.18. The predicted octanol–water partition coefficient (Wildman–Crippen LogP) is 1.74. The molecule has 2 aromatic rings. The van der Waals surface area contributed by atoms with Crippen molar-refractivity contribution in [2.75, 3.05) is 5.32 Å². The summed E-state index contributed by atoms with van der Waals surface area (Å²) in [6, 6.07) is 8.78. The van der Waals surface area contributed by atoms with Gasteiger partial charge in [0.05, 0.1) is 17.7 Å². The molecule has 1 aliphatic rings. The average Bonchev–Trinajstić information content (AvgIpc) is 3.12. The van der Waals surface area contributed by atoms with Gasteiger partial charge in [-0.05, 0) is 30.2 Å². The molecule has 1 atom stereocenters. The van der Waals surface area contributed by atoms with Crippen LogP contribution in [0.1, 0.15) is 22.3 Å². The summed E-state index contributed by atoms with van der Waals surface area (Å²) in [5.74, 6) is -0.998. The van der Waals surface area contributed by atoms with E-state index in [-0.39, 0.29) is 30.1 Å². The fraction of sp³-hybridized carbons (Fsp3) is 0.188. The maximum absolute atomic E-state index is 11.9. The van der Waals surface area contributed by atoms with Crippen LogP contribution < -0.4 is 10.6 Å². The summed E-state index contributed by atoms with van der Waals surface area (Å²) >= 11 is 0. The summed E-state index contributed by atoms with van der Waals surface area (Å²) < 4.78 is 4.86. The number of furan rings is 1. The van der Waals surface area contributed by atoms with Crippen LogP contribution in [0, 0.1) is 5.92 Å². The molecule has 112 valence electrons. The third kappa shape index (κ3) is 3.06. The largest absolute Gasteiger partial charge is 0.472 e. The summed E-state index contributed by atoms with van der Waals surface area (Å²) in [6.07, 6.45) is 3.55. The summed E-state index contributed by atoms with van der Waals surface area (Å²) in [7, 11) is 0. The molecule has 0 aliphatic carbocycles. The number of anilines is 1. The first kappa shape index (κ1) is 14.1. The molecule has 1 unspecified atom stereocenters. The minimum atomic E-state index is -0.307. The number of nitrogens with one attached hydrogen (secondary N) is 2. The monoisotopic (exact) mass is 298 g/mol. The summed E-state index contributed by atoms with van der Waals surface area (Å²) in [6.45, 7) is 0. The van der Waals surface area contributed by atoms with Gasteiger partial charge >= 0.3 is 0 Å². The van der Waals surface area contributed by atoms with Gasteiger partial charge in [0, 0.05) is 12.1 Å². The van der Waals surface area contributed by atoms with Crippen LogP contribution in [-0.2, 0) is 16.0 Å². The topological polar surface area (TPSA) is 88.4 Å². The van der Waals surface area contributed by atoms with Crippen molar-refractivity contribution in [1.82, 2.24) is 5.32 Å². The highest BCUT2D eigenvalue weighted by Crippen LogP contribution is 2.19. The number of carbonyl (C=O) groups is 3. The highest BCUT2D eigenvalue weighted by molar-refractivity contribution is 6.04. The lowest BCUT2D eigenvalue weighted by Crippen LogP contribution is -2.22. The molecule has 1 saturated heterocycles. The second-order valence-electron chi connectivity index (χ2n) is 5.18. The molecule has 22 heavy (non-hydrogen) atoms. The molecule has 6 nitrogen and oxygen atoms in total. The lowest BCUT2D eigenvalue weighted by Gasteiger charge is -2.08. The van der Waals surface area contributed by atoms with Gasteiger partial charge in [-0.25, -0.2) is 0 Å². The first-order valence-corrected chi connectivity index (χ1v) is 6.88. The van der Waals surface area contributed by atoms with Crippen molar-refractivity contribution in [2.24, 2.45) is 5.92 Å². The van der Waals surface area contributed by atoms with Crippen molar-refractivity contribution in [3.63, 3.8) is 0 Å². The van der Waals surface area contributed by atoms with Crippen LogP contribution in [0.3, 0.4) is 0 Å². The van der Waals surface area contributed by atoms with E-state index in [0.717, 1.165) is 5.56 Å². The normalized spacial score (nSPS) is 17.4. The molecule has 1 aromatic heterocycles. The van der Waals surface area contributed by atoms with Gasteiger partial charge in [0.25, 0.3) is 5.91 Å². The molecule has 1 aliphatic heterocycles. The van der Waals surface area contributed by atoms with E-state index in [0.29, 0.717) is 17.7 Å². The molecule has 2 N–H and O–H groups in total. The standard InChI is InChI=1S/C16H14N2O4/c19-14-8-12(16(21)18-14)7-10-1-3-13(4-2-10)17-15(20)11-5-6-22-9-11/h1-6,9,12H,7-8H2,(H,17,20)(H,18,19,21). The van der Waals surface area contributed by atoms with Crippen molar-refractivity contribution in [3.8, 4) is 0 Å². The highest BCUT2D eigenvalue weighted by Gasteiger charge is 2.30. The van der Waals surface area contributed by atoms with Crippen LogP contribution in [0.5, 0.6) is 0 Å². The zero-order valence-corrected chi connectivity index (χ0v) is 11.7. The average molecular weight is 298 g/mol. The van der Waals surface area contributed by atoms with Crippen molar-refractivity contribution in [2.45, 2.75) is 12.8 Å². The Morgan fingerprint density at radius 3 is 2.59 bits per heavy atom. The molecule has 0 spiro atoms. The molecule has 2 heterocycles. The summed E-state index contributed by atoms with van der Waals surface area (Å²) in [5.41, 5.74) is 2.04. The Bertz CT molecular complexity index is 704. The Balaban J connectivity index is 1.62. The van der Waals surface area contributed by atoms with Crippen molar-refractivity contribution >= 4 is 23.4 Å². The molecule has 0 saturated carbocycles. The molecule has 0 bridgehead atoms. The van der Waals surface area contributed by atoms with E-state index in [9.17, 15) is 14.4 Å². The minimum Gasteiger partial charge on any atom is -0.472 e. The van der Waals surface area contributed by atoms with Gasteiger partial charge in [0.1, 0.15) is 6.26 Å². The lowest BCUT2D eigenvalue weighted by atomic mass is 9.98. The van der Waals surface area contributed by atoms with Crippen LogP contribution in [-0.4, -0.2) is 17.7 Å². The Morgan fingerprint density at radius 1 is 1.23 bits per heavy atom. The molecule has 6 heteroatoms. The van der Waals surface area contributed by atoms with E-state index in [2.05, 4.69) is 10.6 Å². The van der Waals surface area contributed by atoms with E-state index in [4.69, 9.17) is 4.42 Å². The van der Waals surface area contributed by atoms with E-state index >= 15 is 0 Å². The van der Waals surface area contributed by atoms with E-state index in [1.165, 1.54) is 12.5 Å². The molecule has 1 aromatic carbocycles. The number of rotatable bonds is 4. The van der Waals surface area contributed by atoms with Gasteiger partial charge in [0.2, 0.25) is 11.8 Å². The first-order chi connectivity index (χ1) is 10.6. The second kappa shape index (κ2) is 5.85. The predicted molar refractivity (Wildman–Crippen MR) is 78.1 cm³/mol. The fourth-order valence-corrected chi connectivity index (χ4v) is 2.38. The van der Waals surface area contributed by atoms with Gasteiger partial charge in [-0.1, -0.05) is 12.1 Å². The number of amides is 3. The fourth-order valence-electron chi connectivity index (χ4n) is 2.38. The molecule has 0 radical (unpaired) electrons. The number of hydrogen-bond acceptors (Lipinski definition) is 4. The van der Waals surface area contributed by atoms with Crippen LogP contribution >= 0.6 is 0 Å². The van der Waals surface area contributed by atoms with Gasteiger partial charge in [-0.15, -0.1) is 0 Å². The minimum absolute atomic E-state index is 0.220. The number of imide groups is 1. The molecular weight excluding hydrogens is 284 g/mol. The molecule has 3 rings (SSSR count). The van der Waals surface area contributed by atoms with Crippen molar-refractivity contribution < 1.29 is 18.8 Å². The Hall–Kier alpha value is -2.89. The van der Waals surface area contributed by atoms with Crippen molar-refractivity contribution in [1.29, 1.82) is 0 Å². The van der Waals surface area contributed by atoms with Gasteiger partial charge in [0.15, 0.2) is 0 Å². The summed E-state index contributed by atoms with van der Waals surface area (Å²) in [4.78, 5) is 34.5. The third-order valence-corrected chi connectivity index (χ3v) is 3.54. The van der Waals surface area contributed by atoms with E-state index in [1.54, 1.807) is 18.2 Å². The van der Waals surface area contributed by atoms with Gasteiger partial charge in [-0.2, -0.15) is 0 Å². The maximum Gasteiger partial charge on any atom is 0.258 e. The number of carbonyl (C=O) groups excluding carboxylic acids is 3. The first-order valence-electron chi connectivity index (χ1n) is 6.88. The Labute approximate surface area is 126 Å². The zero-order valence-electron chi connectivity index (χ0n) is 11.7. The SMILES string of the molecule is O=C1CC(Cc2ccc(NC(=O)c3ccoc3)cc2)C(=O)N1. The van der Waals surface area contributed by atoms with E-state index in [1.807, 2.05) is 12.1 Å². The smallest absolute Gasteiger partial charge is 0.258 e. The number of hydrogen-bond donors (Lipinski definition) is 2. The molecular formula is C16H14N2O4. The quantitative estimate of drug-likeness (QED) is 0.841. The highest BCUT2D eigenvalue weighted by atomic mass is 16.3. The zero-order chi connectivity index (χ0) is 15.5. The van der Waals surface area contributed by atoms with Crippen LogP contribution in [0.2, 0.25) is 0 Å². The van der Waals surface area contributed by atoms with Crippen LogP contribution in [0.4, 0.5) is 5.69 Å². The van der Waals surface area contributed by atoms with Crippen LogP contribution in [0.15, 0.2) is 47.3 Å². The third-order valence-electron chi connectivity index (χ3n) is 3.54. The van der Waals surface area contributed by atoms with Crippen molar-refractivity contribution in [3.05, 3.63) is 54.0 Å². The van der Waals surface area contributed by atoms with Crippen LogP contribution in [0.25, 0.3) is 0 Å². The van der Waals surface area contributed by atoms with Gasteiger partial charge in [-0.3, -0.25) is 19.7 Å². The van der Waals surface area contributed by atoms with Gasteiger partial charge < -0.3 is 9.73 Å². The Kier molecular flexibility index (Phi) is 3.74. The molecule has 3 amide bonds. The Morgan fingerprint density at radius 2 is 2.00 bits per heavy atom. The maximum atomic E-state index is 11.9.